The maximum absolute atomic E-state index is 2.52. The monoisotopic (exact) mass is 204 g/mol. The molecule has 0 spiro atoms. The van der Waals surface area contributed by atoms with Crippen molar-refractivity contribution in [3.63, 3.8) is 0 Å². The van der Waals surface area contributed by atoms with Gasteiger partial charge in [-0.1, -0.05) is 36.6 Å². The lowest BCUT2D eigenvalue weighted by Gasteiger charge is -2.15. The zero-order valence-corrected chi connectivity index (χ0v) is 9.88. The molecule has 0 atom stereocenters. The third-order valence-electron chi connectivity index (χ3n) is 3.82. The molecule has 84 valence electrons. The van der Waals surface area contributed by atoms with E-state index in [4.69, 9.17) is 0 Å². The Morgan fingerprint density at radius 1 is 0.867 bits per heavy atom. The van der Waals surface area contributed by atoms with E-state index in [9.17, 15) is 0 Å². The summed E-state index contributed by atoms with van der Waals surface area (Å²) in [5, 5.41) is 0. The zero-order valence-electron chi connectivity index (χ0n) is 9.88. The van der Waals surface area contributed by atoms with Crippen molar-refractivity contribution in [2.24, 2.45) is 5.92 Å². The third kappa shape index (κ3) is 3.85. The largest absolute Gasteiger partial charge is 0.0880 e. The van der Waals surface area contributed by atoms with Crippen molar-refractivity contribution in [3.05, 3.63) is 23.8 Å². The fourth-order valence-electron chi connectivity index (χ4n) is 2.86. The summed E-state index contributed by atoms with van der Waals surface area (Å²) in [6.07, 6.45) is 21.4. The first-order valence-corrected chi connectivity index (χ1v) is 6.80. The fraction of sp³-hybridized carbons (Fsp3) is 0.733. The minimum Gasteiger partial charge on any atom is -0.0880 e. The van der Waals surface area contributed by atoms with Gasteiger partial charge >= 0.3 is 0 Å². The molecule has 0 saturated heterocycles. The molecule has 0 heteroatoms. The number of allylic oxidation sites excluding steroid dienone is 4. The van der Waals surface area contributed by atoms with Gasteiger partial charge in [0.1, 0.15) is 0 Å². The smallest absolute Gasteiger partial charge is 0.0234 e. The Balaban J connectivity index is 2.07. The Morgan fingerprint density at radius 2 is 1.60 bits per heavy atom. The van der Waals surface area contributed by atoms with Gasteiger partial charge in [0.2, 0.25) is 0 Å². The molecule has 0 aromatic rings. The van der Waals surface area contributed by atoms with E-state index in [1.54, 1.807) is 5.57 Å². The van der Waals surface area contributed by atoms with Crippen molar-refractivity contribution >= 4 is 0 Å². The van der Waals surface area contributed by atoms with E-state index < -0.39 is 0 Å². The van der Waals surface area contributed by atoms with Crippen molar-refractivity contribution in [1.82, 2.24) is 0 Å². The lowest BCUT2D eigenvalue weighted by Crippen LogP contribution is -1.99. The molecule has 15 heavy (non-hydrogen) atoms. The van der Waals surface area contributed by atoms with Crippen LogP contribution in [-0.4, -0.2) is 0 Å². The summed E-state index contributed by atoms with van der Waals surface area (Å²) >= 11 is 0. The third-order valence-corrected chi connectivity index (χ3v) is 3.82. The summed E-state index contributed by atoms with van der Waals surface area (Å²) in [4.78, 5) is 0. The second kappa shape index (κ2) is 6.15. The van der Waals surface area contributed by atoms with Gasteiger partial charge in [0.15, 0.2) is 0 Å². The van der Waals surface area contributed by atoms with Gasteiger partial charge in [-0.15, -0.1) is 0 Å². The Labute approximate surface area is 94.5 Å². The van der Waals surface area contributed by atoms with Gasteiger partial charge in [-0.05, 0) is 57.3 Å². The molecular formula is C15H24. The molecule has 0 unspecified atom stereocenters. The summed E-state index contributed by atoms with van der Waals surface area (Å²) in [7, 11) is 0. The average molecular weight is 204 g/mol. The van der Waals surface area contributed by atoms with Crippen molar-refractivity contribution in [3.8, 4) is 0 Å². The fourth-order valence-corrected chi connectivity index (χ4v) is 2.86. The van der Waals surface area contributed by atoms with E-state index in [-0.39, 0.29) is 0 Å². The molecule has 1 fully saturated rings. The molecule has 3 aliphatic carbocycles. The van der Waals surface area contributed by atoms with Crippen LogP contribution in [0.4, 0.5) is 0 Å². The Hall–Kier alpha value is -0.520. The van der Waals surface area contributed by atoms with Gasteiger partial charge in [-0.25, -0.2) is 0 Å². The molecule has 0 aromatic carbocycles. The van der Waals surface area contributed by atoms with Crippen molar-refractivity contribution in [2.45, 2.75) is 64.2 Å². The van der Waals surface area contributed by atoms with Crippen LogP contribution in [0.15, 0.2) is 23.8 Å². The average Bonchev–Trinajstić information content (AvgIpc) is 2.34. The summed E-state index contributed by atoms with van der Waals surface area (Å²) in [5.41, 5.74) is 1.75. The van der Waals surface area contributed by atoms with Crippen LogP contribution in [0.1, 0.15) is 64.2 Å². The van der Waals surface area contributed by atoms with Gasteiger partial charge in [0, 0.05) is 0 Å². The highest BCUT2D eigenvalue weighted by molar-refractivity contribution is 5.04. The molecule has 0 nitrogen and oxygen atoms in total. The first kappa shape index (κ1) is 11.0. The lowest BCUT2D eigenvalue weighted by atomic mass is 9.91. The maximum atomic E-state index is 2.52. The van der Waals surface area contributed by atoms with Gasteiger partial charge in [0.05, 0.1) is 0 Å². The summed E-state index contributed by atoms with van der Waals surface area (Å²) in [5.74, 6) is 0.893. The van der Waals surface area contributed by atoms with Gasteiger partial charge in [-0.3, -0.25) is 0 Å². The summed E-state index contributed by atoms with van der Waals surface area (Å²) < 4.78 is 0. The lowest BCUT2D eigenvalue weighted by molar-refractivity contribution is 0.470. The first-order chi connectivity index (χ1) is 7.45. The Morgan fingerprint density at radius 3 is 2.33 bits per heavy atom. The second-order valence-electron chi connectivity index (χ2n) is 5.12. The van der Waals surface area contributed by atoms with Crippen molar-refractivity contribution in [1.29, 1.82) is 0 Å². The highest BCUT2D eigenvalue weighted by Crippen LogP contribution is 2.26. The SMILES string of the molecule is C1=C2CCCCC(/C=C\CC1)CCCC2. The van der Waals surface area contributed by atoms with E-state index in [0.717, 1.165) is 5.92 Å². The number of rotatable bonds is 0. The number of fused-ring (bicyclic) bond motifs is 9. The highest BCUT2D eigenvalue weighted by Gasteiger charge is 2.09. The molecule has 1 saturated carbocycles. The minimum absolute atomic E-state index is 0.893. The van der Waals surface area contributed by atoms with Crippen LogP contribution in [0.2, 0.25) is 0 Å². The number of hydrogen-bond acceptors (Lipinski definition) is 0. The van der Waals surface area contributed by atoms with Crippen molar-refractivity contribution in [2.75, 3.05) is 0 Å². The van der Waals surface area contributed by atoms with Gasteiger partial charge < -0.3 is 0 Å². The van der Waals surface area contributed by atoms with Crippen LogP contribution in [0.3, 0.4) is 0 Å². The molecule has 0 N–H and O–H groups in total. The van der Waals surface area contributed by atoms with E-state index in [1.807, 2.05) is 0 Å². The van der Waals surface area contributed by atoms with Gasteiger partial charge in [-0.2, -0.15) is 0 Å². The second-order valence-corrected chi connectivity index (χ2v) is 5.12. The topological polar surface area (TPSA) is 0 Å². The van der Waals surface area contributed by atoms with E-state index in [0.29, 0.717) is 0 Å². The number of hydrogen-bond donors (Lipinski definition) is 0. The minimum atomic E-state index is 0.893. The molecule has 3 aliphatic rings. The predicted octanol–water partition coefficient (Wildman–Crippen LogP) is 5.01. The van der Waals surface area contributed by atoms with Crippen LogP contribution in [0, 0.1) is 5.92 Å². The van der Waals surface area contributed by atoms with Gasteiger partial charge in [0.25, 0.3) is 0 Å². The molecule has 0 aromatic heterocycles. The molecule has 0 radical (unpaired) electrons. The van der Waals surface area contributed by atoms with Crippen molar-refractivity contribution < 1.29 is 0 Å². The Bertz CT molecular complexity index is 220. The van der Waals surface area contributed by atoms with E-state index >= 15 is 0 Å². The highest BCUT2D eigenvalue weighted by atomic mass is 14.1. The normalized spacial score (nSPS) is 30.9. The van der Waals surface area contributed by atoms with Crippen LogP contribution in [0.5, 0.6) is 0 Å². The zero-order chi connectivity index (χ0) is 10.3. The first-order valence-electron chi connectivity index (χ1n) is 6.80. The van der Waals surface area contributed by atoms with Crippen LogP contribution in [0.25, 0.3) is 0 Å². The summed E-state index contributed by atoms with van der Waals surface area (Å²) in [6.45, 7) is 0. The maximum Gasteiger partial charge on any atom is -0.0234 e. The quantitative estimate of drug-likeness (QED) is 0.486. The molecule has 0 amide bonds. The molecular weight excluding hydrogens is 180 g/mol. The molecule has 0 aliphatic heterocycles. The predicted molar refractivity (Wildman–Crippen MR) is 66.9 cm³/mol. The molecule has 0 heterocycles. The molecule has 3 rings (SSSR count). The van der Waals surface area contributed by atoms with Crippen LogP contribution in [-0.2, 0) is 0 Å². The Kier molecular flexibility index (Phi) is 4.50. The van der Waals surface area contributed by atoms with Crippen LogP contribution >= 0.6 is 0 Å². The van der Waals surface area contributed by atoms with E-state index in [2.05, 4.69) is 18.2 Å². The standard InChI is InChI=1S/C15H24/c1-2-8-14-10-4-6-12-15(9-3-1)13-7-5-11-14/h2,8-9,14H,1,3-7,10-13H2/b8-2-,15-9?. The van der Waals surface area contributed by atoms with Crippen LogP contribution < -0.4 is 0 Å². The molecule has 2 bridgehead atoms. The van der Waals surface area contributed by atoms with E-state index in [1.165, 1.54) is 64.2 Å². The summed E-state index contributed by atoms with van der Waals surface area (Å²) in [6, 6.07) is 0.